The smallest absolute Gasteiger partial charge is 0.408 e. The SMILES string of the molecule is CC(C)(C)OC(=O)NC(CC(=O)OCc1ccccc1)C(=O)Oc1ccc([N+](=O)[O-])cc1. The Labute approximate surface area is 184 Å². The number of nitro groups is 1. The number of carbonyl (C=O) groups excluding carboxylic acids is 3. The second kappa shape index (κ2) is 10.9. The van der Waals surface area contributed by atoms with E-state index in [0.29, 0.717) is 0 Å². The van der Waals surface area contributed by atoms with E-state index < -0.39 is 41.0 Å². The molecule has 0 radical (unpaired) electrons. The molecule has 0 aliphatic rings. The molecular formula is C22H24N2O8. The summed E-state index contributed by atoms with van der Waals surface area (Å²) < 4.78 is 15.5. The number of hydrogen-bond donors (Lipinski definition) is 1. The zero-order valence-corrected chi connectivity index (χ0v) is 17.9. The first-order chi connectivity index (χ1) is 15.0. The highest BCUT2D eigenvalue weighted by atomic mass is 16.6. The Balaban J connectivity index is 2.06. The fraction of sp³-hybridized carbons (Fsp3) is 0.318. The second-order valence-electron chi connectivity index (χ2n) is 7.72. The van der Waals surface area contributed by atoms with Gasteiger partial charge in [-0.3, -0.25) is 14.9 Å². The molecule has 0 bridgehead atoms. The Morgan fingerprint density at radius 3 is 2.22 bits per heavy atom. The van der Waals surface area contributed by atoms with Gasteiger partial charge in [-0.2, -0.15) is 0 Å². The van der Waals surface area contributed by atoms with Crippen molar-refractivity contribution in [3.63, 3.8) is 0 Å². The van der Waals surface area contributed by atoms with Gasteiger partial charge in [0.2, 0.25) is 0 Å². The average Bonchev–Trinajstić information content (AvgIpc) is 2.71. The lowest BCUT2D eigenvalue weighted by molar-refractivity contribution is -0.384. The maximum absolute atomic E-state index is 12.6. The zero-order chi connectivity index (χ0) is 23.7. The van der Waals surface area contributed by atoms with E-state index in [4.69, 9.17) is 14.2 Å². The summed E-state index contributed by atoms with van der Waals surface area (Å²) in [5.41, 5.74) is -0.256. The summed E-state index contributed by atoms with van der Waals surface area (Å²) in [6.07, 6.45) is -1.42. The molecule has 10 nitrogen and oxygen atoms in total. The minimum atomic E-state index is -1.40. The number of esters is 2. The fourth-order valence-corrected chi connectivity index (χ4v) is 2.43. The lowest BCUT2D eigenvalue weighted by atomic mass is 10.2. The van der Waals surface area contributed by atoms with Crippen LogP contribution in [0.4, 0.5) is 10.5 Å². The summed E-state index contributed by atoms with van der Waals surface area (Å²) in [7, 11) is 0. The van der Waals surface area contributed by atoms with Crippen LogP contribution in [0.15, 0.2) is 54.6 Å². The molecule has 2 rings (SSSR count). The van der Waals surface area contributed by atoms with Crippen molar-refractivity contribution in [3.05, 3.63) is 70.3 Å². The molecule has 2 aromatic rings. The molecule has 0 saturated carbocycles. The van der Waals surface area contributed by atoms with E-state index >= 15 is 0 Å². The van der Waals surface area contributed by atoms with Gasteiger partial charge < -0.3 is 19.5 Å². The Morgan fingerprint density at radius 1 is 1.03 bits per heavy atom. The van der Waals surface area contributed by atoms with Crippen LogP contribution >= 0.6 is 0 Å². The normalized spacial score (nSPS) is 11.7. The summed E-state index contributed by atoms with van der Waals surface area (Å²) in [5.74, 6) is -1.69. The topological polar surface area (TPSA) is 134 Å². The van der Waals surface area contributed by atoms with Crippen LogP contribution in [0.25, 0.3) is 0 Å². The monoisotopic (exact) mass is 444 g/mol. The van der Waals surface area contributed by atoms with E-state index in [2.05, 4.69) is 5.32 Å². The molecule has 1 atom stereocenters. The number of nitro benzene ring substituents is 1. The van der Waals surface area contributed by atoms with Crippen LogP contribution < -0.4 is 10.1 Å². The van der Waals surface area contributed by atoms with Gasteiger partial charge >= 0.3 is 18.0 Å². The van der Waals surface area contributed by atoms with Gasteiger partial charge in [0.05, 0.1) is 11.3 Å². The average molecular weight is 444 g/mol. The molecule has 2 aromatic carbocycles. The van der Waals surface area contributed by atoms with Gasteiger partial charge in [-0.25, -0.2) is 9.59 Å². The van der Waals surface area contributed by atoms with Crippen LogP contribution in [-0.2, 0) is 25.7 Å². The number of amides is 1. The predicted molar refractivity (Wildman–Crippen MR) is 113 cm³/mol. The van der Waals surface area contributed by atoms with Gasteiger partial charge in [0.1, 0.15) is 24.0 Å². The fourth-order valence-electron chi connectivity index (χ4n) is 2.43. The number of non-ortho nitro benzene ring substituents is 1. The van der Waals surface area contributed by atoms with E-state index in [9.17, 15) is 24.5 Å². The standard InChI is InChI=1S/C22H24N2O8/c1-22(2,3)32-21(27)23-18(13-19(25)30-14-15-7-5-4-6-8-15)20(26)31-17-11-9-16(10-12-17)24(28)29/h4-12,18H,13-14H2,1-3H3,(H,23,27). The molecule has 170 valence electrons. The number of alkyl carbamates (subject to hydrolysis) is 1. The zero-order valence-electron chi connectivity index (χ0n) is 17.9. The molecule has 0 fully saturated rings. The summed E-state index contributed by atoms with van der Waals surface area (Å²) >= 11 is 0. The Hall–Kier alpha value is -3.95. The van der Waals surface area contributed by atoms with Crippen LogP contribution in [-0.4, -0.2) is 34.6 Å². The van der Waals surface area contributed by atoms with Crippen LogP contribution in [0.1, 0.15) is 32.8 Å². The molecule has 10 heteroatoms. The quantitative estimate of drug-likeness (QED) is 0.283. The summed E-state index contributed by atoms with van der Waals surface area (Å²) in [6.45, 7) is 4.93. The Kier molecular flexibility index (Phi) is 8.28. The lowest BCUT2D eigenvalue weighted by Crippen LogP contribution is -2.46. The van der Waals surface area contributed by atoms with E-state index in [1.54, 1.807) is 45.0 Å². The van der Waals surface area contributed by atoms with Crippen LogP contribution in [0.5, 0.6) is 5.75 Å². The summed E-state index contributed by atoms with van der Waals surface area (Å²) in [4.78, 5) is 47.2. The van der Waals surface area contributed by atoms with Crippen molar-refractivity contribution in [3.8, 4) is 5.75 Å². The van der Waals surface area contributed by atoms with Crippen molar-refractivity contribution < 1.29 is 33.5 Å². The molecule has 0 aliphatic carbocycles. The van der Waals surface area contributed by atoms with E-state index in [1.807, 2.05) is 6.07 Å². The van der Waals surface area contributed by atoms with Gasteiger partial charge in [0, 0.05) is 12.1 Å². The Morgan fingerprint density at radius 2 is 1.66 bits per heavy atom. The maximum atomic E-state index is 12.6. The minimum absolute atomic E-state index is 0.00374. The van der Waals surface area contributed by atoms with Crippen LogP contribution in [0, 0.1) is 10.1 Å². The number of ether oxygens (including phenoxy) is 3. The summed E-state index contributed by atoms with van der Waals surface area (Å²) in [5, 5.41) is 13.1. The van der Waals surface area contributed by atoms with Crippen molar-refractivity contribution in [2.45, 2.75) is 45.4 Å². The molecule has 0 heterocycles. The van der Waals surface area contributed by atoms with Crippen molar-refractivity contribution in [2.75, 3.05) is 0 Å². The molecule has 32 heavy (non-hydrogen) atoms. The molecular weight excluding hydrogens is 420 g/mol. The molecule has 0 aromatic heterocycles. The van der Waals surface area contributed by atoms with Gasteiger partial charge in [-0.1, -0.05) is 30.3 Å². The molecule has 1 amide bonds. The number of rotatable bonds is 8. The van der Waals surface area contributed by atoms with Crippen molar-refractivity contribution in [1.82, 2.24) is 5.32 Å². The van der Waals surface area contributed by atoms with Crippen molar-refractivity contribution in [1.29, 1.82) is 0 Å². The third-order valence-electron chi connectivity index (χ3n) is 3.85. The first-order valence-electron chi connectivity index (χ1n) is 9.69. The predicted octanol–water partition coefficient (Wildman–Crippen LogP) is 3.53. The minimum Gasteiger partial charge on any atom is -0.461 e. The highest BCUT2D eigenvalue weighted by molar-refractivity contribution is 5.87. The van der Waals surface area contributed by atoms with Crippen molar-refractivity contribution >= 4 is 23.7 Å². The molecule has 1 N–H and O–H groups in total. The maximum Gasteiger partial charge on any atom is 0.408 e. The van der Waals surface area contributed by atoms with E-state index in [0.717, 1.165) is 17.7 Å². The number of carbonyl (C=O) groups is 3. The molecule has 0 spiro atoms. The molecule has 0 aliphatic heterocycles. The number of benzene rings is 2. The largest absolute Gasteiger partial charge is 0.461 e. The van der Waals surface area contributed by atoms with Gasteiger partial charge in [-0.15, -0.1) is 0 Å². The van der Waals surface area contributed by atoms with Crippen LogP contribution in [0.2, 0.25) is 0 Å². The third kappa shape index (κ3) is 8.42. The lowest BCUT2D eigenvalue weighted by Gasteiger charge is -2.22. The van der Waals surface area contributed by atoms with E-state index in [-0.39, 0.29) is 18.0 Å². The first-order valence-corrected chi connectivity index (χ1v) is 9.69. The second-order valence-corrected chi connectivity index (χ2v) is 7.72. The van der Waals surface area contributed by atoms with Gasteiger partial charge in [0.25, 0.3) is 5.69 Å². The third-order valence-corrected chi connectivity index (χ3v) is 3.85. The molecule has 1 unspecified atom stereocenters. The number of nitrogens with one attached hydrogen (secondary N) is 1. The highest BCUT2D eigenvalue weighted by Gasteiger charge is 2.29. The molecule has 0 saturated heterocycles. The van der Waals surface area contributed by atoms with Crippen LogP contribution in [0.3, 0.4) is 0 Å². The number of hydrogen-bond acceptors (Lipinski definition) is 8. The first kappa shape index (κ1) is 24.3. The van der Waals surface area contributed by atoms with Gasteiger partial charge in [0.15, 0.2) is 0 Å². The van der Waals surface area contributed by atoms with Gasteiger partial charge in [-0.05, 0) is 38.5 Å². The Bertz CT molecular complexity index is 952. The van der Waals surface area contributed by atoms with E-state index in [1.165, 1.54) is 12.1 Å². The van der Waals surface area contributed by atoms with Crippen molar-refractivity contribution in [2.24, 2.45) is 0 Å². The number of nitrogens with zero attached hydrogens (tertiary/aromatic N) is 1. The highest BCUT2D eigenvalue weighted by Crippen LogP contribution is 2.18. The summed E-state index contributed by atoms with van der Waals surface area (Å²) in [6, 6.07) is 12.3.